The van der Waals surface area contributed by atoms with Gasteiger partial charge in [-0.05, 0) is 12.1 Å². The third-order valence-electron chi connectivity index (χ3n) is 2.89. The molecule has 0 unspecified atom stereocenters. The SMILES string of the molecule is Cn1cnc(CNc2ccnc3c(N)cccc23)n1. The molecule has 6 nitrogen and oxygen atoms in total. The second-order valence-electron chi connectivity index (χ2n) is 4.29. The first-order chi connectivity index (χ1) is 9.24. The number of nitrogens with two attached hydrogens (primary N) is 1. The highest BCUT2D eigenvalue weighted by Crippen LogP contribution is 2.25. The van der Waals surface area contributed by atoms with Crippen LogP contribution in [-0.2, 0) is 13.6 Å². The summed E-state index contributed by atoms with van der Waals surface area (Å²) in [6.45, 7) is 0.564. The van der Waals surface area contributed by atoms with Crippen molar-refractivity contribution in [2.45, 2.75) is 6.54 Å². The smallest absolute Gasteiger partial charge is 0.169 e. The average Bonchev–Trinajstić information content (AvgIpc) is 2.83. The van der Waals surface area contributed by atoms with E-state index in [0.29, 0.717) is 12.2 Å². The third kappa shape index (κ3) is 2.20. The molecule has 0 aliphatic heterocycles. The molecule has 0 aliphatic rings. The maximum Gasteiger partial charge on any atom is 0.169 e. The molecule has 0 saturated carbocycles. The molecular weight excluding hydrogens is 240 g/mol. The van der Waals surface area contributed by atoms with Gasteiger partial charge < -0.3 is 11.1 Å². The zero-order valence-electron chi connectivity index (χ0n) is 10.5. The van der Waals surface area contributed by atoms with E-state index >= 15 is 0 Å². The number of nitrogen functional groups attached to an aromatic ring is 1. The first kappa shape index (κ1) is 11.5. The Kier molecular flexibility index (Phi) is 2.75. The molecule has 0 radical (unpaired) electrons. The molecule has 0 amide bonds. The number of nitrogens with one attached hydrogen (secondary N) is 1. The number of hydrogen-bond donors (Lipinski definition) is 2. The number of benzene rings is 1. The minimum Gasteiger partial charge on any atom is -0.397 e. The summed E-state index contributed by atoms with van der Waals surface area (Å²) in [6, 6.07) is 7.68. The first-order valence-electron chi connectivity index (χ1n) is 5.95. The first-order valence-corrected chi connectivity index (χ1v) is 5.95. The normalized spacial score (nSPS) is 10.8. The highest BCUT2D eigenvalue weighted by atomic mass is 15.3. The number of fused-ring (bicyclic) bond motifs is 1. The van der Waals surface area contributed by atoms with Gasteiger partial charge in [-0.25, -0.2) is 4.98 Å². The Bertz CT molecular complexity index is 718. The van der Waals surface area contributed by atoms with Crippen LogP contribution >= 0.6 is 0 Å². The van der Waals surface area contributed by atoms with Crippen molar-refractivity contribution in [3.05, 3.63) is 42.6 Å². The number of para-hydroxylation sites is 1. The maximum atomic E-state index is 5.92. The molecular formula is C13H14N6. The molecule has 0 fully saturated rings. The van der Waals surface area contributed by atoms with Crippen LogP contribution in [0.2, 0.25) is 0 Å². The second kappa shape index (κ2) is 4.56. The lowest BCUT2D eigenvalue weighted by Gasteiger charge is -2.08. The van der Waals surface area contributed by atoms with Gasteiger partial charge in [-0.1, -0.05) is 12.1 Å². The Balaban J connectivity index is 1.91. The fourth-order valence-electron chi connectivity index (χ4n) is 1.99. The molecule has 0 saturated heterocycles. The number of anilines is 2. The van der Waals surface area contributed by atoms with Crippen molar-refractivity contribution in [2.75, 3.05) is 11.1 Å². The molecule has 0 aliphatic carbocycles. The number of nitrogens with zero attached hydrogens (tertiary/aromatic N) is 4. The van der Waals surface area contributed by atoms with E-state index in [4.69, 9.17) is 5.73 Å². The fraction of sp³-hybridized carbons (Fsp3) is 0.154. The van der Waals surface area contributed by atoms with Gasteiger partial charge in [-0.2, -0.15) is 5.10 Å². The van der Waals surface area contributed by atoms with Crippen LogP contribution in [0.25, 0.3) is 10.9 Å². The van der Waals surface area contributed by atoms with Crippen LogP contribution in [0.15, 0.2) is 36.8 Å². The summed E-state index contributed by atoms with van der Waals surface area (Å²) >= 11 is 0. The zero-order valence-corrected chi connectivity index (χ0v) is 10.5. The van der Waals surface area contributed by atoms with Crippen LogP contribution in [-0.4, -0.2) is 19.7 Å². The van der Waals surface area contributed by atoms with Gasteiger partial charge in [-0.15, -0.1) is 0 Å². The van der Waals surface area contributed by atoms with Crippen molar-refractivity contribution >= 4 is 22.3 Å². The summed E-state index contributed by atoms with van der Waals surface area (Å²) < 4.78 is 1.68. The standard InChI is InChI=1S/C13H14N6/c1-19-8-17-12(18-19)7-16-11-5-6-15-13-9(11)3-2-4-10(13)14/h2-6,8H,7,14H2,1H3,(H,15,16). The van der Waals surface area contributed by atoms with Gasteiger partial charge in [0.1, 0.15) is 6.33 Å². The molecule has 96 valence electrons. The summed E-state index contributed by atoms with van der Waals surface area (Å²) in [7, 11) is 1.85. The van der Waals surface area contributed by atoms with E-state index in [9.17, 15) is 0 Å². The average molecular weight is 254 g/mol. The van der Waals surface area contributed by atoms with E-state index in [0.717, 1.165) is 22.4 Å². The number of rotatable bonds is 3. The molecule has 2 aromatic heterocycles. The van der Waals surface area contributed by atoms with Gasteiger partial charge in [0.05, 0.1) is 17.7 Å². The van der Waals surface area contributed by atoms with E-state index < -0.39 is 0 Å². The van der Waals surface area contributed by atoms with Gasteiger partial charge >= 0.3 is 0 Å². The van der Waals surface area contributed by atoms with Crippen molar-refractivity contribution in [2.24, 2.45) is 7.05 Å². The largest absolute Gasteiger partial charge is 0.397 e. The molecule has 2 heterocycles. The molecule has 1 aromatic carbocycles. The Morgan fingerprint density at radius 2 is 2.16 bits per heavy atom. The molecule has 6 heteroatoms. The van der Waals surface area contributed by atoms with Crippen molar-refractivity contribution in [1.29, 1.82) is 0 Å². The van der Waals surface area contributed by atoms with E-state index in [-0.39, 0.29) is 0 Å². The molecule has 3 N–H and O–H groups in total. The highest BCUT2D eigenvalue weighted by molar-refractivity contribution is 5.97. The molecule has 0 bridgehead atoms. The number of pyridine rings is 1. The van der Waals surface area contributed by atoms with Gasteiger partial charge in [0.2, 0.25) is 0 Å². The van der Waals surface area contributed by atoms with Crippen molar-refractivity contribution < 1.29 is 0 Å². The summed E-state index contributed by atoms with van der Waals surface area (Å²) in [5.74, 6) is 0.747. The van der Waals surface area contributed by atoms with Crippen LogP contribution in [0, 0.1) is 0 Å². The van der Waals surface area contributed by atoms with Gasteiger partial charge in [0.25, 0.3) is 0 Å². The lowest BCUT2D eigenvalue weighted by Crippen LogP contribution is -2.03. The van der Waals surface area contributed by atoms with E-state index in [1.54, 1.807) is 17.2 Å². The minimum absolute atomic E-state index is 0.564. The zero-order chi connectivity index (χ0) is 13.2. The third-order valence-corrected chi connectivity index (χ3v) is 2.89. The highest BCUT2D eigenvalue weighted by Gasteiger charge is 2.05. The van der Waals surface area contributed by atoms with Crippen LogP contribution in [0.5, 0.6) is 0 Å². The topological polar surface area (TPSA) is 81.7 Å². The van der Waals surface area contributed by atoms with E-state index in [2.05, 4.69) is 20.4 Å². The number of aryl methyl sites for hydroxylation is 1. The molecule has 0 atom stereocenters. The van der Waals surface area contributed by atoms with Crippen LogP contribution < -0.4 is 11.1 Å². The Labute approximate surface area is 110 Å². The Morgan fingerprint density at radius 1 is 1.26 bits per heavy atom. The number of hydrogen-bond acceptors (Lipinski definition) is 5. The number of aromatic nitrogens is 4. The molecule has 3 rings (SSSR count). The predicted octanol–water partition coefficient (Wildman–Crippen LogP) is 1.56. The van der Waals surface area contributed by atoms with Crippen molar-refractivity contribution in [1.82, 2.24) is 19.7 Å². The monoisotopic (exact) mass is 254 g/mol. The van der Waals surface area contributed by atoms with Gasteiger partial charge in [0, 0.05) is 24.3 Å². The van der Waals surface area contributed by atoms with Gasteiger partial charge in [-0.3, -0.25) is 9.67 Å². The lowest BCUT2D eigenvalue weighted by atomic mass is 10.1. The Hall–Kier alpha value is -2.63. The van der Waals surface area contributed by atoms with Crippen molar-refractivity contribution in [3.8, 4) is 0 Å². The van der Waals surface area contributed by atoms with E-state index in [1.165, 1.54) is 0 Å². The summed E-state index contributed by atoms with van der Waals surface area (Å²) in [5, 5.41) is 8.54. The molecule has 0 spiro atoms. The predicted molar refractivity (Wildman–Crippen MR) is 74.5 cm³/mol. The summed E-state index contributed by atoms with van der Waals surface area (Å²) in [5.41, 5.74) is 8.38. The minimum atomic E-state index is 0.564. The van der Waals surface area contributed by atoms with E-state index in [1.807, 2.05) is 31.3 Å². The summed E-state index contributed by atoms with van der Waals surface area (Å²) in [4.78, 5) is 8.48. The lowest BCUT2D eigenvalue weighted by molar-refractivity contribution is 0.747. The maximum absolute atomic E-state index is 5.92. The quantitative estimate of drug-likeness (QED) is 0.693. The second-order valence-corrected chi connectivity index (χ2v) is 4.29. The molecule has 19 heavy (non-hydrogen) atoms. The molecule has 3 aromatic rings. The van der Waals surface area contributed by atoms with Crippen molar-refractivity contribution in [3.63, 3.8) is 0 Å². The fourth-order valence-corrected chi connectivity index (χ4v) is 1.99. The van der Waals surface area contributed by atoms with Gasteiger partial charge in [0.15, 0.2) is 5.82 Å². The van der Waals surface area contributed by atoms with Crippen LogP contribution in [0.1, 0.15) is 5.82 Å². The van der Waals surface area contributed by atoms with Crippen LogP contribution in [0.4, 0.5) is 11.4 Å². The summed E-state index contributed by atoms with van der Waals surface area (Å²) in [6.07, 6.45) is 3.42. The van der Waals surface area contributed by atoms with Crippen LogP contribution in [0.3, 0.4) is 0 Å². The Morgan fingerprint density at radius 3 is 2.95 bits per heavy atom.